The van der Waals surface area contributed by atoms with Crippen LogP contribution < -0.4 is 0 Å². The minimum atomic E-state index is 0.0450. The second-order valence-electron chi connectivity index (χ2n) is 3.93. The first-order valence-corrected chi connectivity index (χ1v) is 6.50. The van der Waals surface area contributed by atoms with Crippen LogP contribution in [0.4, 0.5) is 0 Å². The Bertz CT molecular complexity index is 645. The summed E-state index contributed by atoms with van der Waals surface area (Å²) in [6, 6.07) is 15.7. The molecule has 0 aliphatic rings. The van der Waals surface area contributed by atoms with Crippen LogP contribution in [0, 0.1) is 0 Å². The van der Waals surface area contributed by atoms with E-state index in [2.05, 4.69) is 9.97 Å². The highest BCUT2D eigenvalue weighted by Gasteiger charge is 2.06. The van der Waals surface area contributed by atoms with E-state index < -0.39 is 0 Å². The molecule has 18 heavy (non-hydrogen) atoms. The first kappa shape index (κ1) is 11.3. The van der Waals surface area contributed by atoms with E-state index in [0.29, 0.717) is 0 Å². The van der Waals surface area contributed by atoms with Crippen molar-refractivity contribution >= 4 is 22.8 Å². The summed E-state index contributed by atoms with van der Waals surface area (Å²) in [4.78, 5) is 8.80. The molecule has 0 fully saturated rings. The lowest BCUT2D eigenvalue weighted by molar-refractivity contribution is 0.279. The maximum absolute atomic E-state index is 9.29. The molecular weight excluding hydrogens is 244 g/mol. The SMILES string of the molecule is OCc1ccccc1Sc1nc2ccccc2[nH]1. The molecule has 1 aromatic heterocycles. The number of H-pyrrole nitrogens is 1. The van der Waals surface area contributed by atoms with Gasteiger partial charge in [0.2, 0.25) is 0 Å². The van der Waals surface area contributed by atoms with E-state index in [-0.39, 0.29) is 6.61 Å². The predicted octanol–water partition coefficient (Wildman–Crippen LogP) is 3.21. The van der Waals surface area contributed by atoms with Crippen molar-refractivity contribution in [3.05, 3.63) is 54.1 Å². The molecule has 3 aromatic rings. The van der Waals surface area contributed by atoms with Crippen molar-refractivity contribution in [2.45, 2.75) is 16.7 Å². The maximum atomic E-state index is 9.29. The van der Waals surface area contributed by atoms with Gasteiger partial charge in [-0.2, -0.15) is 0 Å². The Morgan fingerprint density at radius 2 is 1.83 bits per heavy atom. The molecular formula is C14H12N2OS. The van der Waals surface area contributed by atoms with Crippen LogP contribution in [-0.4, -0.2) is 15.1 Å². The summed E-state index contributed by atoms with van der Waals surface area (Å²) in [6.07, 6.45) is 0. The average molecular weight is 256 g/mol. The average Bonchev–Trinajstić information content (AvgIpc) is 2.81. The second kappa shape index (κ2) is 4.84. The molecule has 2 N–H and O–H groups in total. The maximum Gasteiger partial charge on any atom is 0.171 e. The van der Waals surface area contributed by atoms with Gasteiger partial charge in [0, 0.05) is 4.90 Å². The molecule has 0 atom stereocenters. The number of hydrogen-bond donors (Lipinski definition) is 2. The van der Waals surface area contributed by atoms with Gasteiger partial charge in [-0.15, -0.1) is 0 Å². The van der Waals surface area contributed by atoms with Crippen molar-refractivity contribution < 1.29 is 5.11 Å². The molecule has 0 amide bonds. The number of nitrogens with zero attached hydrogens (tertiary/aromatic N) is 1. The van der Waals surface area contributed by atoms with Gasteiger partial charge in [0.15, 0.2) is 5.16 Å². The van der Waals surface area contributed by atoms with Crippen LogP contribution in [0.2, 0.25) is 0 Å². The zero-order valence-corrected chi connectivity index (χ0v) is 10.4. The molecule has 0 bridgehead atoms. The van der Waals surface area contributed by atoms with Crippen molar-refractivity contribution in [3.63, 3.8) is 0 Å². The minimum absolute atomic E-state index is 0.0450. The lowest BCUT2D eigenvalue weighted by Crippen LogP contribution is -1.86. The molecule has 4 heteroatoms. The standard InChI is InChI=1S/C14H12N2OS/c17-9-10-5-1-4-8-13(10)18-14-15-11-6-2-3-7-12(11)16-14/h1-8,17H,9H2,(H,15,16). The summed E-state index contributed by atoms with van der Waals surface area (Å²) in [7, 11) is 0. The quantitative estimate of drug-likeness (QED) is 0.756. The van der Waals surface area contributed by atoms with Gasteiger partial charge in [-0.05, 0) is 23.8 Å². The van der Waals surface area contributed by atoms with Gasteiger partial charge >= 0.3 is 0 Å². The zero-order chi connectivity index (χ0) is 12.4. The minimum Gasteiger partial charge on any atom is -0.392 e. The highest BCUT2D eigenvalue weighted by Crippen LogP contribution is 2.29. The molecule has 0 radical (unpaired) electrons. The number of imidazole rings is 1. The lowest BCUT2D eigenvalue weighted by atomic mass is 10.2. The Kier molecular flexibility index (Phi) is 3.04. The smallest absolute Gasteiger partial charge is 0.171 e. The van der Waals surface area contributed by atoms with Crippen LogP contribution in [0.1, 0.15) is 5.56 Å². The Morgan fingerprint density at radius 1 is 1.06 bits per heavy atom. The Balaban J connectivity index is 1.96. The normalized spacial score (nSPS) is 10.9. The molecule has 0 saturated heterocycles. The largest absolute Gasteiger partial charge is 0.392 e. The van der Waals surface area contributed by atoms with E-state index >= 15 is 0 Å². The molecule has 3 rings (SSSR count). The number of nitrogens with one attached hydrogen (secondary N) is 1. The van der Waals surface area contributed by atoms with Crippen molar-refractivity contribution in [2.75, 3.05) is 0 Å². The summed E-state index contributed by atoms with van der Waals surface area (Å²) < 4.78 is 0. The van der Waals surface area contributed by atoms with Crippen LogP contribution in [0.25, 0.3) is 11.0 Å². The number of hydrogen-bond acceptors (Lipinski definition) is 3. The van der Waals surface area contributed by atoms with E-state index in [4.69, 9.17) is 0 Å². The zero-order valence-electron chi connectivity index (χ0n) is 9.63. The van der Waals surface area contributed by atoms with Crippen LogP contribution in [0.5, 0.6) is 0 Å². The van der Waals surface area contributed by atoms with E-state index in [1.807, 2.05) is 48.5 Å². The number of benzene rings is 2. The summed E-state index contributed by atoms with van der Waals surface area (Å²) in [5, 5.41) is 10.1. The van der Waals surface area contributed by atoms with Crippen LogP contribution >= 0.6 is 11.8 Å². The molecule has 0 aliphatic heterocycles. The van der Waals surface area contributed by atoms with Gasteiger partial charge in [0.05, 0.1) is 17.6 Å². The number of fused-ring (bicyclic) bond motifs is 1. The molecule has 0 aliphatic carbocycles. The van der Waals surface area contributed by atoms with Gasteiger partial charge in [-0.25, -0.2) is 4.98 Å². The number of aliphatic hydroxyl groups is 1. The first-order valence-electron chi connectivity index (χ1n) is 5.68. The summed E-state index contributed by atoms with van der Waals surface area (Å²) in [5.41, 5.74) is 2.91. The monoisotopic (exact) mass is 256 g/mol. The Morgan fingerprint density at radius 3 is 2.67 bits per heavy atom. The first-order chi connectivity index (χ1) is 8.86. The van der Waals surface area contributed by atoms with Gasteiger partial charge in [0.25, 0.3) is 0 Å². The second-order valence-corrected chi connectivity index (χ2v) is 4.96. The lowest BCUT2D eigenvalue weighted by Gasteiger charge is -2.03. The molecule has 0 spiro atoms. The van der Waals surface area contributed by atoms with Crippen LogP contribution in [-0.2, 0) is 6.61 Å². The summed E-state index contributed by atoms with van der Waals surface area (Å²) in [6.45, 7) is 0.0450. The van der Waals surface area contributed by atoms with E-state index in [1.54, 1.807) is 0 Å². The highest BCUT2D eigenvalue weighted by molar-refractivity contribution is 7.99. The topological polar surface area (TPSA) is 48.9 Å². The summed E-state index contributed by atoms with van der Waals surface area (Å²) in [5.74, 6) is 0. The molecule has 1 heterocycles. The number of para-hydroxylation sites is 2. The fourth-order valence-corrected chi connectivity index (χ4v) is 2.74. The fraction of sp³-hybridized carbons (Fsp3) is 0.0714. The van der Waals surface area contributed by atoms with Gasteiger partial charge < -0.3 is 10.1 Å². The van der Waals surface area contributed by atoms with Gasteiger partial charge in [0.1, 0.15) is 0 Å². The van der Waals surface area contributed by atoms with Crippen molar-refractivity contribution in [2.24, 2.45) is 0 Å². The Labute approximate surface area is 109 Å². The van der Waals surface area contributed by atoms with E-state index in [0.717, 1.165) is 26.6 Å². The third kappa shape index (κ3) is 2.12. The van der Waals surface area contributed by atoms with E-state index in [9.17, 15) is 5.11 Å². The molecule has 3 nitrogen and oxygen atoms in total. The molecule has 0 saturated carbocycles. The molecule has 0 unspecified atom stereocenters. The molecule has 2 aromatic carbocycles. The number of aliphatic hydroxyl groups excluding tert-OH is 1. The fourth-order valence-electron chi connectivity index (χ4n) is 1.82. The number of aromatic nitrogens is 2. The van der Waals surface area contributed by atoms with Crippen LogP contribution in [0.3, 0.4) is 0 Å². The predicted molar refractivity (Wildman–Crippen MR) is 72.6 cm³/mol. The van der Waals surface area contributed by atoms with Crippen molar-refractivity contribution in [3.8, 4) is 0 Å². The molecule has 90 valence electrons. The van der Waals surface area contributed by atoms with Crippen LogP contribution in [0.15, 0.2) is 58.6 Å². The third-order valence-electron chi connectivity index (χ3n) is 2.72. The van der Waals surface area contributed by atoms with E-state index in [1.165, 1.54) is 11.8 Å². The van der Waals surface area contributed by atoms with Gasteiger partial charge in [-0.3, -0.25) is 0 Å². The van der Waals surface area contributed by atoms with Gasteiger partial charge in [-0.1, -0.05) is 42.1 Å². The summed E-state index contributed by atoms with van der Waals surface area (Å²) >= 11 is 1.54. The third-order valence-corrected chi connectivity index (χ3v) is 3.72. The number of rotatable bonds is 3. The Hall–Kier alpha value is -1.78. The van der Waals surface area contributed by atoms with Crippen molar-refractivity contribution in [1.82, 2.24) is 9.97 Å². The van der Waals surface area contributed by atoms with Crippen molar-refractivity contribution in [1.29, 1.82) is 0 Å². The highest BCUT2D eigenvalue weighted by atomic mass is 32.2. The number of aromatic amines is 1.